The van der Waals surface area contributed by atoms with E-state index in [4.69, 9.17) is 5.73 Å². The van der Waals surface area contributed by atoms with Crippen molar-refractivity contribution in [1.29, 1.82) is 0 Å². The highest BCUT2D eigenvalue weighted by molar-refractivity contribution is 5.81. The number of fused-ring (bicyclic) bond motifs is 3. The van der Waals surface area contributed by atoms with Gasteiger partial charge in [-0.3, -0.25) is 4.79 Å². The van der Waals surface area contributed by atoms with E-state index in [9.17, 15) is 4.79 Å². The second-order valence-corrected chi connectivity index (χ2v) is 4.60. The molecule has 1 unspecified atom stereocenters. The van der Waals surface area contributed by atoms with E-state index in [0.29, 0.717) is 5.92 Å². The molecule has 2 heteroatoms. The van der Waals surface area contributed by atoms with Gasteiger partial charge in [-0.25, -0.2) is 0 Å². The monoisotopic (exact) mass is 167 g/mol. The minimum absolute atomic E-state index is 0.0480. The lowest BCUT2D eigenvalue weighted by atomic mass is 9.55. The zero-order valence-corrected chi connectivity index (χ0v) is 7.68. The minimum Gasteiger partial charge on any atom is -0.369 e. The molecule has 0 aromatic rings. The Morgan fingerprint density at radius 2 is 2.00 bits per heavy atom. The molecule has 2 bridgehead atoms. The molecule has 3 rings (SSSR count). The van der Waals surface area contributed by atoms with Crippen molar-refractivity contribution in [2.45, 2.75) is 39.0 Å². The molecule has 68 valence electrons. The zero-order chi connectivity index (χ0) is 8.77. The summed E-state index contributed by atoms with van der Waals surface area (Å²) in [5, 5.41) is 0. The van der Waals surface area contributed by atoms with Gasteiger partial charge in [0.15, 0.2) is 0 Å². The average molecular weight is 167 g/mol. The molecule has 2 N–H and O–H groups in total. The highest BCUT2D eigenvalue weighted by Crippen LogP contribution is 2.53. The second kappa shape index (κ2) is 2.48. The lowest BCUT2D eigenvalue weighted by molar-refractivity contribution is -0.138. The third-order valence-electron chi connectivity index (χ3n) is 4.12. The van der Waals surface area contributed by atoms with E-state index in [1.807, 2.05) is 0 Å². The Kier molecular flexibility index (Phi) is 1.67. The minimum atomic E-state index is -0.116. The molecular formula is C10H17NO. The maximum atomic E-state index is 11.4. The van der Waals surface area contributed by atoms with Crippen LogP contribution in [0.2, 0.25) is 0 Å². The molecule has 1 atom stereocenters. The summed E-state index contributed by atoms with van der Waals surface area (Å²) < 4.78 is 0. The predicted octanol–water partition coefficient (Wildman–Crippen LogP) is 1.69. The number of nitrogens with two attached hydrogens (primary N) is 1. The first-order chi connectivity index (χ1) is 5.65. The predicted molar refractivity (Wildman–Crippen MR) is 47.4 cm³/mol. The Balaban J connectivity index is 2.26. The number of carbonyl (C=O) groups excluding carboxylic acids is 1. The van der Waals surface area contributed by atoms with Gasteiger partial charge in [0.1, 0.15) is 0 Å². The van der Waals surface area contributed by atoms with Gasteiger partial charge in [-0.2, -0.15) is 0 Å². The van der Waals surface area contributed by atoms with Gasteiger partial charge in [0.05, 0.1) is 5.41 Å². The lowest BCUT2D eigenvalue weighted by Crippen LogP contribution is -2.49. The van der Waals surface area contributed by atoms with Crippen LogP contribution in [0.5, 0.6) is 0 Å². The van der Waals surface area contributed by atoms with Crippen LogP contribution in [0, 0.1) is 17.3 Å². The first-order valence-corrected chi connectivity index (χ1v) is 4.95. The van der Waals surface area contributed by atoms with Crippen LogP contribution in [0.25, 0.3) is 0 Å². The van der Waals surface area contributed by atoms with Gasteiger partial charge in [0, 0.05) is 0 Å². The Labute approximate surface area is 73.5 Å². The van der Waals surface area contributed by atoms with Crippen LogP contribution in [0.1, 0.15) is 39.0 Å². The van der Waals surface area contributed by atoms with Crippen molar-refractivity contribution in [2.75, 3.05) is 0 Å². The van der Waals surface area contributed by atoms with Gasteiger partial charge in [0.25, 0.3) is 0 Å². The van der Waals surface area contributed by atoms with Crippen LogP contribution >= 0.6 is 0 Å². The SMILES string of the molecule is CC1CC2CCC1(C(N)=O)CC2. The van der Waals surface area contributed by atoms with Crippen molar-refractivity contribution in [1.82, 2.24) is 0 Å². The number of hydrogen-bond acceptors (Lipinski definition) is 1. The summed E-state index contributed by atoms with van der Waals surface area (Å²) in [6.07, 6.45) is 5.78. The van der Waals surface area contributed by atoms with Crippen LogP contribution in [0.4, 0.5) is 0 Å². The molecule has 2 nitrogen and oxygen atoms in total. The van der Waals surface area contributed by atoms with E-state index in [1.54, 1.807) is 0 Å². The maximum absolute atomic E-state index is 11.4. The Hall–Kier alpha value is -0.530. The van der Waals surface area contributed by atoms with E-state index >= 15 is 0 Å². The van der Waals surface area contributed by atoms with Gasteiger partial charge >= 0.3 is 0 Å². The third-order valence-corrected chi connectivity index (χ3v) is 4.12. The highest BCUT2D eigenvalue weighted by Gasteiger charge is 2.49. The summed E-state index contributed by atoms with van der Waals surface area (Å²) in [6.45, 7) is 2.19. The van der Waals surface area contributed by atoms with Crippen molar-refractivity contribution in [3.63, 3.8) is 0 Å². The zero-order valence-electron chi connectivity index (χ0n) is 7.68. The molecular weight excluding hydrogens is 150 g/mol. The molecule has 0 aromatic carbocycles. The van der Waals surface area contributed by atoms with E-state index in [0.717, 1.165) is 18.8 Å². The molecule has 0 radical (unpaired) electrons. The topological polar surface area (TPSA) is 43.1 Å². The number of hydrogen-bond donors (Lipinski definition) is 1. The smallest absolute Gasteiger partial charge is 0.223 e. The van der Waals surface area contributed by atoms with Crippen molar-refractivity contribution in [2.24, 2.45) is 23.0 Å². The molecule has 12 heavy (non-hydrogen) atoms. The molecule has 0 spiro atoms. The van der Waals surface area contributed by atoms with Crippen molar-refractivity contribution in [3.05, 3.63) is 0 Å². The standard InChI is InChI=1S/C10H17NO/c1-7-6-8-2-4-10(7,5-3-8)9(11)12/h7-8H,2-6H2,1H3,(H2,11,12). The van der Waals surface area contributed by atoms with Crippen LogP contribution in [-0.4, -0.2) is 5.91 Å². The van der Waals surface area contributed by atoms with E-state index in [-0.39, 0.29) is 11.3 Å². The van der Waals surface area contributed by atoms with E-state index in [1.165, 1.54) is 19.3 Å². The summed E-state index contributed by atoms with van der Waals surface area (Å²) in [7, 11) is 0. The van der Waals surface area contributed by atoms with Gasteiger partial charge in [0.2, 0.25) is 5.91 Å². The largest absolute Gasteiger partial charge is 0.369 e. The van der Waals surface area contributed by atoms with Crippen LogP contribution in [-0.2, 0) is 4.79 Å². The maximum Gasteiger partial charge on any atom is 0.223 e. The molecule has 3 saturated carbocycles. The van der Waals surface area contributed by atoms with Crippen LogP contribution in [0.3, 0.4) is 0 Å². The number of amides is 1. The second-order valence-electron chi connectivity index (χ2n) is 4.60. The van der Waals surface area contributed by atoms with Crippen molar-refractivity contribution < 1.29 is 4.79 Å². The van der Waals surface area contributed by atoms with E-state index in [2.05, 4.69) is 6.92 Å². The third kappa shape index (κ3) is 0.900. The van der Waals surface area contributed by atoms with Crippen molar-refractivity contribution in [3.8, 4) is 0 Å². The molecule has 3 aliphatic rings. The fraction of sp³-hybridized carbons (Fsp3) is 0.900. The Morgan fingerprint density at radius 3 is 2.33 bits per heavy atom. The number of rotatable bonds is 1. The lowest BCUT2D eigenvalue weighted by Gasteiger charge is -2.49. The van der Waals surface area contributed by atoms with Gasteiger partial charge in [-0.1, -0.05) is 6.92 Å². The normalized spacial score (nSPS) is 46.1. The fourth-order valence-electron chi connectivity index (χ4n) is 3.14. The molecule has 3 aliphatic carbocycles. The molecule has 1 amide bonds. The number of primary amides is 1. The molecule has 0 heterocycles. The quantitative estimate of drug-likeness (QED) is 0.634. The van der Waals surface area contributed by atoms with Gasteiger partial charge in [-0.05, 0) is 43.9 Å². The average Bonchev–Trinajstić information content (AvgIpc) is 2.05. The van der Waals surface area contributed by atoms with Crippen LogP contribution < -0.4 is 5.73 Å². The Morgan fingerprint density at radius 1 is 1.42 bits per heavy atom. The van der Waals surface area contributed by atoms with Gasteiger partial charge < -0.3 is 5.73 Å². The molecule has 0 aliphatic heterocycles. The molecule has 0 aromatic heterocycles. The van der Waals surface area contributed by atoms with Gasteiger partial charge in [-0.15, -0.1) is 0 Å². The number of carbonyl (C=O) groups is 1. The summed E-state index contributed by atoms with van der Waals surface area (Å²) in [5.41, 5.74) is 5.37. The summed E-state index contributed by atoms with van der Waals surface area (Å²) in [5.74, 6) is 1.37. The van der Waals surface area contributed by atoms with E-state index < -0.39 is 0 Å². The first kappa shape index (κ1) is 8.09. The van der Waals surface area contributed by atoms with Crippen LogP contribution in [0.15, 0.2) is 0 Å². The Bertz CT molecular complexity index is 204. The highest BCUT2D eigenvalue weighted by atomic mass is 16.1. The molecule has 3 fully saturated rings. The van der Waals surface area contributed by atoms with Crippen molar-refractivity contribution >= 4 is 5.91 Å². The summed E-state index contributed by atoms with van der Waals surface area (Å²) >= 11 is 0. The molecule has 0 saturated heterocycles. The summed E-state index contributed by atoms with van der Waals surface area (Å²) in [4.78, 5) is 11.4. The fourth-order valence-corrected chi connectivity index (χ4v) is 3.14. The first-order valence-electron chi connectivity index (χ1n) is 4.95. The summed E-state index contributed by atoms with van der Waals surface area (Å²) in [6, 6.07) is 0.